The number of rotatable bonds is 2. The van der Waals surface area contributed by atoms with Crippen LogP contribution in [-0.2, 0) is 16.9 Å². The number of benzene rings is 1. The summed E-state index contributed by atoms with van der Waals surface area (Å²) in [6, 6.07) is 11.6. The summed E-state index contributed by atoms with van der Waals surface area (Å²) >= 11 is 0. The summed E-state index contributed by atoms with van der Waals surface area (Å²) in [6.07, 6.45) is 4.01. The molecule has 5 heteroatoms. The number of nitrogens with zero attached hydrogens (tertiary/aromatic N) is 1. The Kier molecular flexibility index (Phi) is 3.54. The Bertz CT molecular complexity index is 927. The Hall–Kier alpha value is -2.40. The lowest BCUT2D eigenvalue weighted by Gasteiger charge is -2.40. The summed E-state index contributed by atoms with van der Waals surface area (Å²) in [5.74, 6) is 0.346. The molecule has 1 aliphatic carbocycles. The van der Waals surface area contributed by atoms with Crippen molar-refractivity contribution in [2.24, 2.45) is 0 Å². The van der Waals surface area contributed by atoms with Gasteiger partial charge in [-0.3, -0.25) is 9.59 Å². The maximum Gasteiger partial charge on any atom is 0.254 e. The number of pyridine rings is 1. The zero-order chi connectivity index (χ0) is 17.7. The van der Waals surface area contributed by atoms with Crippen LogP contribution in [0.4, 0.5) is 0 Å². The number of likely N-dealkylation sites (tertiary alicyclic amines) is 1. The SMILES string of the molecule is O=C(c1cc(C2CC2)[nH]c(=O)c1)N1CCC[C@@]2(C1)OCc1ccccc12. The molecular weight excluding hydrogens is 328 g/mol. The summed E-state index contributed by atoms with van der Waals surface area (Å²) in [5, 5.41) is 0. The maximum atomic E-state index is 13.1. The van der Waals surface area contributed by atoms with Crippen molar-refractivity contribution in [1.82, 2.24) is 9.88 Å². The van der Waals surface area contributed by atoms with Crippen molar-refractivity contribution >= 4 is 5.91 Å². The maximum absolute atomic E-state index is 13.1. The molecule has 0 unspecified atom stereocenters. The quantitative estimate of drug-likeness (QED) is 0.906. The van der Waals surface area contributed by atoms with Crippen LogP contribution in [0, 0.1) is 0 Å². The fraction of sp³-hybridized carbons (Fsp3) is 0.429. The largest absolute Gasteiger partial charge is 0.364 e. The highest BCUT2D eigenvalue weighted by molar-refractivity contribution is 5.94. The number of fused-ring (bicyclic) bond motifs is 2. The van der Waals surface area contributed by atoms with Crippen LogP contribution in [0.25, 0.3) is 0 Å². The number of piperidine rings is 1. The zero-order valence-corrected chi connectivity index (χ0v) is 14.7. The lowest BCUT2D eigenvalue weighted by Crippen LogP contribution is -2.48. The van der Waals surface area contributed by atoms with Crippen molar-refractivity contribution in [3.63, 3.8) is 0 Å². The summed E-state index contributed by atoms with van der Waals surface area (Å²) in [5.41, 5.74) is 3.24. The minimum absolute atomic E-state index is 0.0648. The van der Waals surface area contributed by atoms with Gasteiger partial charge >= 0.3 is 0 Å². The number of H-pyrrole nitrogens is 1. The Morgan fingerprint density at radius 3 is 2.92 bits per heavy atom. The Morgan fingerprint density at radius 2 is 2.08 bits per heavy atom. The van der Waals surface area contributed by atoms with E-state index in [4.69, 9.17) is 4.74 Å². The highest BCUT2D eigenvalue weighted by Crippen LogP contribution is 2.43. The first-order chi connectivity index (χ1) is 12.6. The summed E-state index contributed by atoms with van der Waals surface area (Å²) in [6.45, 7) is 1.86. The van der Waals surface area contributed by atoms with E-state index >= 15 is 0 Å². The number of nitrogens with one attached hydrogen (secondary N) is 1. The van der Waals surface area contributed by atoms with E-state index in [1.54, 1.807) is 0 Å². The van der Waals surface area contributed by atoms with E-state index in [9.17, 15) is 9.59 Å². The van der Waals surface area contributed by atoms with E-state index in [1.807, 2.05) is 23.1 Å². The third-order valence-electron chi connectivity index (χ3n) is 5.88. The van der Waals surface area contributed by atoms with Gasteiger partial charge in [-0.15, -0.1) is 0 Å². The van der Waals surface area contributed by atoms with Gasteiger partial charge in [0, 0.05) is 23.9 Å². The molecule has 1 atom stereocenters. The average Bonchev–Trinajstić information content (AvgIpc) is 3.46. The summed E-state index contributed by atoms with van der Waals surface area (Å²) in [4.78, 5) is 29.8. The molecule has 1 spiro atoms. The van der Waals surface area contributed by atoms with E-state index in [0.717, 1.165) is 31.4 Å². The monoisotopic (exact) mass is 350 g/mol. The molecule has 134 valence electrons. The topological polar surface area (TPSA) is 62.4 Å². The van der Waals surface area contributed by atoms with Crippen LogP contribution >= 0.6 is 0 Å². The van der Waals surface area contributed by atoms with Crippen molar-refractivity contribution in [3.8, 4) is 0 Å². The zero-order valence-electron chi connectivity index (χ0n) is 14.7. The minimum Gasteiger partial charge on any atom is -0.364 e. The molecule has 2 aromatic rings. The molecule has 1 amide bonds. The molecule has 3 heterocycles. The van der Waals surface area contributed by atoms with Crippen LogP contribution in [0.5, 0.6) is 0 Å². The average molecular weight is 350 g/mol. The number of aromatic nitrogens is 1. The molecule has 1 aromatic heterocycles. The molecule has 0 bridgehead atoms. The molecule has 3 aliphatic rings. The van der Waals surface area contributed by atoms with Crippen molar-refractivity contribution in [2.75, 3.05) is 13.1 Å². The second-order valence-electron chi connectivity index (χ2n) is 7.73. The van der Waals surface area contributed by atoms with Crippen LogP contribution in [0.2, 0.25) is 0 Å². The molecule has 5 nitrogen and oxygen atoms in total. The van der Waals surface area contributed by atoms with Crippen molar-refractivity contribution in [2.45, 2.75) is 43.8 Å². The highest BCUT2D eigenvalue weighted by Gasteiger charge is 2.44. The fourth-order valence-corrected chi connectivity index (χ4v) is 4.40. The molecular formula is C21H22N2O3. The van der Waals surface area contributed by atoms with Crippen molar-refractivity contribution < 1.29 is 9.53 Å². The Balaban J connectivity index is 1.44. The number of hydrogen-bond donors (Lipinski definition) is 1. The summed E-state index contributed by atoms with van der Waals surface area (Å²) < 4.78 is 6.20. The lowest BCUT2D eigenvalue weighted by molar-refractivity contribution is -0.0785. The van der Waals surface area contributed by atoms with Gasteiger partial charge in [0.15, 0.2) is 0 Å². The normalized spacial score (nSPS) is 24.7. The molecule has 1 N–H and O–H groups in total. The number of ether oxygens (including phenoxy) is 1. The third kappa shape index (κ3) is 2.58. The number of carbonyl (C=O) groups excluding carboxylic acids is 1. The predicted molar refractivity (Wildman–Crippen MR) is 97.1 cm³/mol. The smallest absolute Gasteiger partial charge is 0.254 e. The number of hydrogen-bond acceptors (Lipinski definition) is 3. The van der Waals surface area contributed by atoms with E-state index in [2.05, 4.69) is 17.1 Å². The second-order valence-corrected chi connectivity index (χ2v) is 7.73. The molecule has 1 saturated heterocycles. The predicted octanol–water partition coefficient (Wildman–Crippen LogP) is 2.91. The lowest BCUT2D eigenvalue weighted by atomic mass is 9.85. The standard InChI is InChI=1S/C21H22N2O3/c24-19-11-16(10-18(22-19)14-6-7-14)20(25)23-9-3-8-21(13-23)17-5-2-1-4-15(17)12-26-21/h1-2,4-5,10-11,14H,3,6-9,12-13H2,(H,22,24)/t21-/m0/s1. The van der Waals surface area contributed by atoms with E-state index in [-0.39, 0.29) is 11.5 Å². The van der Waals surface area contributed by atoms with Gasteiger partial charge in [-0.25, -0.2) is 0 Å². The van der Waals surface area contributed by atoms with Crippen LogP contribution in [-0.4, -0.2) is 28.9 Å². The Morgan fingerprint density at radius 1 is 1.23 bits per heavy atom. The van der Waals surface area contributed by atoms with Crippen LogP contribution < -0.4 is 5.56 Å². The van der Waals surface area contributed by atoms with Gasteiger partial charge in [-0.05, 0) is 48.8 Å². The fourth-order valence-electron chi connectivity index (χ4n) is 4.40. The van der Waals surface area contributed by atoms with Crippen molar-refractivity contribution in [1.29, 1.82) is 0 Å². The first-order valence-electron chi connectivity index (χ1n) is 9.40. The molecule has 1 saturated carbocycles. The van der Waals surface area contributed by atoms with Gasteiger partial charge in [0.1, 0.15) is 5.60 Å². The minimum atomic E-state index is -0.398. The van der Waals surface area contributed by atoms with Gasteiger partial charge in [0.25, 0.3) is 5.91 Å². The van der Waals surface area contributed by atoms with Gasteiger partial charge in [-0.1, -0.05) is 24.3 Å². The molecule has 1 aromatic carbocycles. The molecule has 26 heavy (non-hydrogen) atoms. The number of amides is 1. The second kappa shape index (κ2) is 5.81. The van der Waals surface area contributed by atoms with Crippen molar-refractivity contribution in [3.05, 3.63) is 69.1 Å². The van der Waals surface area contributed by atoms with Crippen LogP contribution in [0.3, 0.4) is 0 Å². The van der Waals surface area contributed by atoms with Gasteiger partial charge in [0.2, 0.25) is 5.56 Å². The van der Waals surface area contributed by atoms with E-state index < -0.39 is 5.60 Å². The van der Waals surface area contributed by atoms with Gasteiger partial charge in [-0.2, -0.15) is 0 Å². The molecule has 2 fully saturated rings. The Labute approximate surface area is 152 Å². The highest BCUT2D eigenvalue weighted by atomic mass is 16.5. The summed E-state index contributed by atoms with van der Waals surface area (Å²) in [7, 11) is 0. The van der Waals surface area contributed by atoms with Crippen LogP contribution in [0.15, 0.2) is 41.2 Å². The number of aromatic amines is 1. The van der Waals surface area contributed by atoms with Gasteiger partial charge < -0.3 is 14.6 Å². The molecule has 5 rings (SSSR count). The van der Waals surface area contributed by atoms with Crippen LogP contribution in [0.1, 0.15) is 58.8 Å². The number of carbonyl (C=O) groups is 1. The van der Waals surface area contributed by atoms with Gasteiger partial charge in [0.05, 0.1) is 13.2 Å². The first kappa shape index (κ1) is 15.8. The third-order valence-corrected chi connectivity index (χ3v) is 5.88. The van der Waals surface area contributed by atoms with E-state index in [0.29, 0.717) is 31.2 Å². The molecule has 2 aliphatic heterocycles. The van der Waals surface area contributed by atoms with E-state index in [1.165, 1.54) is 17.2 Å². The first-order valence-corrected chi connectivity index (χ1v) is 9.40. The molecule has 0 radical (unpaired) electrons.